The van der Waals surface area contributed by atoms with Gasteiger partial charge in [-0.15, -0.1) is 11.3 Å². The molecule has 0 aliphatic carbocycles. The standard InChI is InChI=1S/C21H23NO6S/c1-5-27-21(25)19-16(14-6-8-15(26-4)9-7-14)12-29-20(19)22-17(23)11-28-18(24)10-13(2)3/h6-10,12H,5,11H2,1-4H3,(H,22,23). The molecule has 0 unspecified atom stereocenters. The first-order valence-electron chi connectivity index (χ1n) is 8.90. The quantitative estimate of drug-likeness (QED) is 0.515. The molecule has 0 atom stereocenters. The molecule has 154 valence electrons. The third kappa shape index (κ3) is 6.18. The molecule has 0 bridgehead atoms. The first kappa shape index (κ1) is 22.2. The monoisotopic (exact) mass is 417 g/mol. The van der Waals surface area contributed by atoms with Crippen LogP contribution in [0.2, 0.25) is 0 Å². The number of allylic oxidation sites excluding steroid dienone is 1. The SMILES string of the molecule is CCOC(=O)c1c(-c2ccc(OC)cc2)csc1NC(=O)COC(=O)C=C(C)C. The fraction of sp³-hybridized carbons (Fsp3) is 0.286. The minimum absolute atomic E-state index is 0.199. The zero-order valence-electron chi connectivity index (χ0n) is 16.7. The maximum absolute atomic E-state index is 12.5. The van der Waals surface area contributed by atoms with Gasteiger partial charge >= 0.3 is 11.9 Å². The normalized spacial score (nSPS) is 10.1. The number of ether oxygens (including phenoxy) is 3. The van der Waals surface area contributed by atoms with E-state index < -0.39 is 24.5 Å². The van der Waals surface area contributed by atoms with Gasteiger partial charge in [-0.3, -0.25) is 4.79 Å². The van der Waals surface area contributed by atoms with Crippen molar-refractivity contribution in [2.45, 2.75) is 20.8 Å². The van der Waals surface area contributed by atoms with Gasteiger partial charge < -0.3 is 19.5 Å². The number of thiophene rings is 1. The number of methoxy groups -OCH3 is 1. The molecular formula is C21H23NO6S. The van der Waals surface area contributed by atoms with Crippen LogP contribution in [-0.2, 0) is 19.1 Å². The Morgan fingerprint density at radius 3 is 2.38 bits per heavy atom. The maximum Gasteiger partial charge on any atom is 0.341 e. The molecular weight excluding hydrogens is 394 g/mol. The number of carbonyl (C=O) groups is 3. The van der Waals surface area contributed by atoms with Crippen molar-refractivity contribution in [1.29, 1.82) is 0 Å². The topological polar surface area (TPSA) is 90.9 Å². The van der Waals surface area contributed by atoms with Gasteiger partial charge in [-0.05, 0) is 38.5 Å². The summed E-state index contributed by atoms with van der Waals surface area (Å²) in [5, 5.41) is 4.72. The number of hydrogen-bond acceptors (Lipinski definition) is 7. The van der Waals surface area contributed by atoms with Crippen molar-refractivity contribution < 1.29 is 28.6 Å². The van der Waals surface area contributed by atoms with E-state index in [1.165, 1.54) is 17.4 Å². The number of anilines is 1. The highest BCUT2D eigenvalue weighted by Gasteiger charge is 2.23. The van der Waals surface area contributed by atoms with Crippen LogP contribution in [0.5, 0.6) is 5.75 Å². The number of benzene rings is 1. The summed E-state index contributed by atoms with van der Waals surface area (Å²) in [6, 6.07) is 7.19. The van der Waals surface area contributed by atoms with E-state index in [0.29, 0.717) is 16.3 Å². The summed E-state index contributed by atoms with van der Waals surface area (Å²) in [6.07, 6.45) is 1.30. The van der Waals surface area contributed by atoms with Gasteiger partial charge in [0, 0.05) is 17.0 Å². The van der Waals surface area contributed by atoms with Gasteiger partial charge in [-0.1, -0.05) is 17.7 Å². The molecule has 8 heteroatoms. The van der Waals surface area contributed by atoms with Crippen LogP contribution in [-0.4, -0.2) is 38.2 Å². The summed E-state index contributed by atoms with van der Waals surface area (Å²) in [5.74, 6) is -1.00. The highest BCUT2D eigenvalue weighted by atomic mass is 32.1. The predicted molar refractivity (Wildman–Crippen MR) is 111 cm³/mol. The molecule has 0 aliphatic rings. The molecule has 1 heterocycles. The first-order valence-corrected chi connectivity index (χ1v) is 9.78. The molecule has 1 aromatic carbocycles. The Balaban J connectivity index is 2.23. The van der Waals surface area contributed by atoms with Gasteiger partial charge in [0.1, 0.15) is 16.3 Å². The minimum Gasteiger partial charge on any atom is -0.497 e. The second-order valence-corrected chi connectivity index (χ2v) is 7.06. The van der Waals surface area contributed by atoms with Crippen molar-refractivity contribution >= 4 is 34.2 Å². The van der Waals surface area contributed by atoms with E-state index in [1.54, 1.807) is 45.4 Å². The summed E-state index contributed by atoms with van der Waals surface area (Å²) in [7, 11) is 1.57. The Hall–Kier alpha value is -3.13. The molecule has 0 aliphatic heterocycles. The second-order valence-electron chi connectivity index (χ2n) is 6.18. The zero-order chi connectivity index (χ0) is 21.4. The first-order chi connectivity index (χ1) is 13.8. The Kier molecular flexibility index (Phi) is 7.97. The molecule has 29 heavy (non-hydrogen) atoms. The molecule has 0 saturated carbocycles. The van der Waals surface area contributed by atoms with Gasteiger partial charge in [0.2, 0.25) is 0 Å². The van der Waals surface area contributed by atoms with E-state index in [4.69, 9.17) is 14.2 Å². The van der Waals surface area contributed by atoms with Crippen molar-refractivity contribution in [3.05, 3.63) is 46.9 Å². The highest BCUT2D eigenvalue weighted by molar-refractivity contribution is 7.15. The van der Waals surface area contributed by atoms with E-state index in [2.05, 4.69) is 5.32 Å². The zero-order valence-corrected chi connectivity index (χ0v) is 17.6. The third-order valence-electron chi connectivity index (χ3n) is 3.68. The highest BCUT2D eigenvalue weighted by Crippen LogP contribution is 2.36. The second kappa shape index (κ2) is 10.4. The Bertz CT molecular complexity index is 910. The number of carbonyl (C=O) groups excluding carboxylic acids is 3. The van der Waals surface area contributed by atoms with Crippen LogP contribution < -0.4 is 10.1 Å². The number of rotatable bonds is 8. The van der Waals surface area contributed by atoms with Crippen LogP contribution in [0, 0.1) is 0 Å². The van der Waals surface area contributed by atoms with E-state index in [1.807, 2.05) is 12.1 Å². The van der Waals surface area contributed by atoms with Crippen molar-refractivity contribution in [1.82, 2.24) is 0 Å². The van der Waals surface area contributed by atoms with Crippen molar-refractivity contribution in [2.24, 2.45) is 0 Å². The number of amides is 1. The van der Waals surface area contributed by atoms with Crippen LogP contribution in [0.25, 0.3) is 11.1 Å². The van der Waals surface area contributed by atoms with E-state index in [0.717, 1.165) is 11.1 Å². The smallest absolute Gasteiger partial charge is 0.341 e. The number of hydrogen-bond donors (Lipinski definition) is 1. The minimum atomic E-state index is -0.601. The average Bonchev–Trinajstić information content (AvgIpc) is 3.09. The lowest BCUT2D eigenvalue weighted by Gasteiger charge is -2.09. The summed E-state index contributed by atoms with van der Waals surface area (Å²) in [6.45, 7) is 4.95. The molecule has 0 spiro atoms. The number of nitrogens with one attached hydrogen (secondary N) is 1. The lowest BCUT2D eigenvalue weighted by atomic mass is 10.0. The molecule has 1 amide bonds. The van der Waals surface area contributed by atoms with E-state index in [-0.39, 0.29) is 12.2 Å². The summed E-state index contributed by atoms with van der Waals surface area (Å²) in [5.41, 5.74) is 2.43. The summed E-state index contributed by atoms with van der Waals surface area (Å²) < 4.78 is 15.2. The Morgan fingerprint density at radius 2 is 1.79 bits per heavy atom. The Labute approximate surface area is 173 Å². The molecule has 0 radical (unpaired) electrons. The molecule has 1 N–H and O–H groups in total. The van der Waals surface area contributed by atoms with E-state index in [9.17, 15) is 14.4 Å². The molecule has 2 rings (SSSR count). The fourth-order valence-electron chi connectivity index (χ4n) is 2.42. The average molecular weight is 417 g/mol. The van der Waals surface area contributed by atoms with Crippen LogP contribution >= 0.6 is 11.3 Å². The van der Waals surface area contributed by atoms with E-state index >= 15 is 0 Å². The molecule has 0 fully saturated rings. The molecule has 7 nitrogen and oxygen atoms in total. The third-order valence-corrected chi connectivity index (χ3v) is 4.57. The molecule has 1 aromatic heterocycles. The van der Waals surface area contributed by atoms with Gasteiger partial charge in [0.25, 0.3) is 5.91 Å². The molecule has 0 saturated heterocycles. The van der Waals surface area contributed by atoms with Crippen molar-refractivity contribution in [3.63, 3.8) is 0 Å². The van der Waals surface area contributed by atoms with Gasteiger partial charge in [-0.2, -0.15) is 0 Å². The van der Waals surface area contributed by atoms with Crippen LogP contribution in [0.4, 0.5) is 5.00 Å². The van der Waals surface area contributed by atoms with Crippen LogP contribution in [0.3, 0.4) is 0 Å². The van der Waals surface area contributed by atoms with Gasteiger partial charge in [-0.25, -0.2) is 9.59 Å². The van der Waals surface area contributed by atoms with Gasteiger partial charge in [0.15, 0.2) is 6.61 Å². The largest absolute Gasteiger partial charge is 0.497 e. The van der Waals surface area contributed by atoms with Crippen molar-refractivity contribution in [2.75, 3.05) is 25.6 Å². The summed E-state index contributed by atoms with van der Waals surface area (Å²) in [4.78, 5) is 36.3. The summed E-state index contributed by atoms with van der Waals surface area (Å²) >= 11 is 1.19. The Morgan fingerprint density at radius 1 is 1.10 bits per heavy atom. The fourth-order valence-corrected chi connectivity index (χ4v) is 3.39. The number of esters is 2. The predicted octanol–water partition coefficient (Wildman–Crippen LogP) is 4.05. The van der Waals surface area contributed by atoms with Crippen molar-refractivity contribution in [3.8, 4) is 16.9 Å². The van der Waals surface area contributed by atoms with Crippen LogP contribution in [0.15, 0.2) is 41.3 Å². The molecule has 2 aromatic rings. The lowest BCUT2D eigenvalue weighted by Crippen LogP contribution is -2.21. The lowest BCUT2D eigenvalue weighted by molar-refractivity contribution is -0.142. The maximum atomic E-state index is 12.5. The van der Waals surface area contributed by atoms with Gasteiger partial charge in [0.05, 0.1) is 13.7 Å². The van der Waals surface area contributed by atoms with Crippen LogP contribution in [0.1, 0.15) is 31.1 Å².